The molecule has 3 aromatic heterocycles. The molecule has 0 atom stereocenters. The zero-order valence-corrected chi connectivity index (χ0v) is 23.9. The fourth-order valence-electron chi connectivity index (χ4n) is 4.84. The summed E-state index contributed by atoms with van der Waals surface area (Å²) < 4.78 is 22.1. The summed E-state index contributed by atoms with van der Waals surface area (Å²) in [6.45, 7) is 1.16. The van der Waals surface area contributed by atoms with Gasteiger partial charge in [-0.3, -0.25) is 18.7 Å². The van der Waals surface area contributed by atoms with Gasteiger partial charge in [-0.1, -0.05) is 59.8 Å². The molecule has 0 saturated carbocycles. The molecule has 0 saturated heterocycles. The molecule has 6 rings (SSSR count). The van der Waals surface area contributed by atoms with E-state index in [-0.39, 0.29) is 34.4 Å². The summed E-state index contributed by atoms with van der Waals surface area (Å²) >= 11 is 0. The van der Waals surface area contributed by atoms with Gasteiger partial charge in [0.2, 0.25) is 5.69 Å². The summed E-state index contributed by atoms with van der Waals surface area (Å²) in [5.41, 5.74) is 3.86. The fourth-order valence-corrected chi connectivity index (χ4v) is 4.84. The Hall–Kier alpha value is -6.52. The predicted molar refractivity (Wildman–Crippen MR) is 154 cm³/mol. The van der Waals surface area contributed by atoms with Crippen LogP contribution in [0.15, 0.2) is 80.7 Å². The van der Waals surface area contributed by atoms with Crippen molar-refractivity contribution >= 4 is 17.0 Å². The van der Waals surface area contributed by atoms with Crippen molar-refractivity contribution in [3.05, 3.63) is 115 Å². The number of hydrogen-bond donors (Lipinski definition) is 1. The molecule has 46 heavy (non-hydrogen) atoms. The second-order valence-electron chi connectivity index (χ2n) is 9.67. The van der Waals surface area contributed by atoms with Crippen LogP contribution in [0.5, 0.6) is 6.01 Å². The lowest BCUT2D eigenvalue weighted by Gasteiger charge is -2.12. The first-order valence-electron chi connectivity index (χ1n) is 13.7. The number of benzene rings is 3. The van der Waals surface area contributed by atoms with Crippen molar-refractivity contribution in [2.45, 2.75) is 26.7 Å². The van der Waals surface area contributed by atoms with E-state index in [2.05, 4.69) is 34.3 Å². The van der Waals surface area contributed by atoms with Gasteiger partial charge in [0.15, 0.2) is 19.0 Å². The zero-order chi connectivity index (χ0) is 32.2. The average Bonchev–Trinajstić information content (AvgIpc) is 3.75. The molecule has 0 aliphatic heterocycles. The van der Waals surface area contributed by atoms with Gasteiger partial charge in [-0.05, 0) is 40.6 Å². The van der Waals surface area contributed by atoms with Crippen molar-refractivity contribution in [2.24, 2.45) is 0 Å². The first-order valence-corrected chi connectivity index (χ1v) is 13.7. The Morgan fingerprint density at radius 3 is 2.54 bits per heavy atom. The molecule has 0 aliphatic carbocycles. The molecule has 0 spiro atoms. The topological polar surface area (TPSA) is 218 Å². The summed E-state index contributed by atoms with van der Waals surface area (Å²) in [6, 6.07) is 20.3. The van der Waals surface area contributed by atoms with Gasteiger partial charge in [-0.25, -0.2) is 9.59 Å². The minimum absolute atomic E-state index is 0.0597. The van der Waals surface area contributed by atoms with Crippen LogP contribution in [0, 0.1) is 15.3 Å². The van der Waals surface area contributed by atoms with Gasteiger partial charge in [0, 0.05) is 10.7 Å². The lowest BCUT2D eigenvalue weighted by molar-refractivity contribution is -0.821. The summed E-state index contributed by atoms with van der Waals surface area (Å²) in [7, 11) is 0. The van der Waals surface area contributed by atoms with Crippen LogP contribution in [0.4, 0.5) is 0 Å². The molecule has 0 bridgehead atoms. The van der Waals surface area contributed by atoms with E-state index in [0.717, 1.165) is 16.7 Å². The molecule has 6 aromatic rings. The number of carbonyl (C=O) groups is 1. The number of carbonyl (C=O) groups excluding carboxylic acids is 1. The Morgan fingerprint density at radius 2 is 1.83 bits per heavy atom. The van der Waals surface area contributed by atoms with Gasteiger partial charge in [0.1, 0.15) is 0 Å². The number of nitrogens with one attached hydrogen (secondary N) is 1. The number of fused-ring (bicyclic) bond motifs is 1. The standard InChI is InChI=1S/C29H23N7O10/c1-2-42-28-30-22-9-5-8-21(27(37)43-15-23-24(16-44-36(40)41)35(39)46-32-23)25(22)34(28)14-17-10-12-18(13-11-17)19-6-3-4-7-20(19)26-31-29(38)45-33-26/h3-13H,2,14-16H2,1H3,(H,31,33,38). The van der Waals surface area contributed by atoms with E-state index in [9.17, 15) is 24.9 Å². The molecule has 0 amide bonds. The third-order valence-electron chi connectivity index (χ3n) is 6.88. The molecule has 1 N–H and O–H groups in total. The number of esters is 1. The van der Waals surface area contributed by atoms with Gasteiger partial charge in [0.05, 0.1) is 29.7 Å². The molecule has 0 radical (unpaired) electrons. The number of aromatic amines is 1. The second-order valence-corrected chi connectivity index (χ2v) is 9.67. The molecular weight excluding hydrogens is 606 g/mol. The van der Waals surface area contributed by atoms with E-state index in [1.165, 1.54) is 0 Å². The number of H-pyrrole nitrogens is 1. The van der Waals surface area contributed by atoms with Crippen molar-refractivity contribution in [3.63, 3.8) is 0 Å². The van der Waals surface area contributed by atoms with Crippen LogP contribution in [-0.2, 0) is 29.3 Å². The SMILES string of the molecule is CCOc1nc2cccc(C(=O)OCc3no[n+]([O-])c3CO[N+](=O)[O-])c2n1Cc1ccc(-c2ccccc2-c2noc(=O)[nH]2)cc1. The summed E-state index contributed by atoms with van der Waals surface area (Å²) in [6.07, 6.45) is 0. The van der Waals surface area contributed by atoms with Gasteiger partial charge in [0.25, 0.3) is 16.8 Å². The van der Waals surface area contributed by atoms with Gasteiger partial charge in [-0.2, -0.15) is 4.98 Å². The van der Waals surface area contributed by atoms with Crippen LogP contribution in [0.1, 0.15) is 34.2 Å². The third kappa shape index (κ3) is 5.96. The third-order valence-corrected chi connectivity index (χ3v) is 6.88. The number of rotatable bonds is 12. The molecule has 3 aromatic carbocycles. The minimum atomic E-state index is -1.07. The Bertz CT molecular complexity index is 2100. The molecule has 3 heterocycles. The van der Waals surface area contributed by atoms with E-state index < -0.39 is 30.0 Å². The molecule has 17 nitrogen and oxygen atoms in total. The van der Waals surface area contributed by atoms with Gasteiger partial charge < -0.3 is 19.5 Å². The van der Waals surface area contributed by atoms with E-state index in [1.54, 1.807) is 22.8 Å². The Labute approximate surface area is 257 Å². The predicted octanol–water partition coefficient (Wildman–Crippen LogP) is 3.18. The van der Waals surface area contributed by atoms with Crippen molar-refractivity contribution in [1.29, 1.82) is 0 Å². The Morgan fingerprint density at radius 1 is 1.04 bits per heavy atom. The largest absolute Gasteiger partial charge is 0.465 e. The smallest absolute Gasteiger partial charge is 0.439 e. The van der Waals surface area contributed by atoms with E-state index in [0.29, 0.717) is 29.0 Å². The molecule has 0 aliphatic rings. The lowest BCUT2D eigenvalue weighted by atomic mass is 9.98. The Balaban J connectivity index is 1.28. The number of ether oxygens (including phenoxy) is 2. The van der Waals surface area contributed by atoms with Crippen LogP contribution < -0.4 is 15.4 Å². The maximum atomic E-state index is 13.3. The lowest BCUT2D eigenvalue weighted by Crippen LogP contribution is -2.29. The minimum Gasteiger partial charge on any atom is -0.465 e. The van der Waals surface area contributed by atoms with Crippen molar-refractivity contribution in [1.82, 2.24) is 24.8 Å². The number of hydrogen-bond acceptors (Lipinski definition) is 13. The average molecular weight is 630 g/mol. The first kappa shape index (κ1) is 29.5. The molecule has 17 heteroatoms. The highest BCUT2D eigenvalue weighted by molar-refractivity contribution is 6.02. The maximum absolute atomic E-state index is 13.3. The van der Waals surface area contributed by atoms with E-state index in [1.807, 2.05) is 55.5 Å². The van der Waals surface area contributed by atoms with Crippen molar-refractivity contribution in [2.75, 3.05) is 6.61 Å². The molecular formula is C29H23N7O10. The van der Waals surface area contributed by atoms with Crippen LogP contribution in [0.25, 0.3) is 33.5 Å². The van der Waals surface area contributed by atoms with Crippen LogP contribution in [0.2, 0.25) is 0 Å². The van der Waals surface area contributed by atoms with E-state index >= 15 is 0 Å². The fraction of sp³-hybridized carbons (Fsp3) is 0.172. The molecule has 234 valence electrons. The highest BCUT2D eigenvalue weighted by Gasteiger charge is 2.25. The summed E-state index contributed by atoms with van der Waals surface area (Å²) in [4.78, 5) is 46.7. The Kier molecular flexibility index (Phi) is 8.10. The van der Waals surface area contributed by atoms with Gasteiger partial charge >= 0.3 is 11.7 Å². The molecule has 0 unspecified atom stereocenters. The number of nitrogens with zero attached hydrogens (tertiary/aromatic N) is 6. The highest BCUT2D eigenvalue weighted by Crippen LogP contribution is 2.31. The first-order chi connectivity index (χ1) is 22.3. The normalized spacial score (nSPS) is 11.1. The maximum Gasteiger partial charge on any atom is 0.439 e. The monoisotopic (exact) mass is 629 g/mol. The van der Waals surface area contributed by atoms with Crippen molar-refractivity contribution < 1.29 is 38.2 Å². The summed E-state index contributed by atoms with van der Waals surface area (Å²) in [5.74, 6) is -1.11. The number of aromatic nitrogens is 6. The van der Waals surface area contributed by atoms with Crippen LogP contribution >= 0.6 is 0 Å². The van der Waals surface area contributed by atoms with Crippen LogP contribution in [0.3, 0.4) is 0 Å². The molecule has 0 fully saturated rings. The number of imidazole rings is 1. The second kappa shape index (κ2) is 12.6. The van der Waals surface area contributed by atoms with Gasteiger partial charge in [-0.15, -0.1) is 10.1 Å². The van der Waals surface area contributed by atoms with E-state index in [4.69, 9.17) is 9.47 Å². The van der Waals surface area contributed by atoms with Crippen LogP contribution in [-0.4, -0.2) is 42.5 Å². The summed E-state index contributed by atoms with van der Waals surface area (Å²) in [5, 5.41) is 28.6. The quantitative estimate of drug-likeness (QED) is 0.0891. The highest BCUT2D eigenvalue weighted by atomic mass is 17.0. The zero-order valence-electron chi connectivity index (χ0n) is 23.9. The number of para-hydroxylation sites is 1. The van der Waals surface area contributed by atoms with Crippen molar-refractivity contribution in [3.8, 4) is 28.5 Å².